The van der Waals surface area contributed by atoms with E-state index in [0.717, 1.165) is 16.9 Å². The fraction of sp³-hybridized carbons (Fsp3) is 0.174. The lowest BCUT2D eigenvalue weighted by atomic mass is 10.2. The van der Waals surface area contributed by atoms with Gasteiger partial charge in [-0.3, -0.25) is 4.79 Å². The Morgan fingerprint density at radius 2 is 1.55 bits per heavy atom. The second kappa shape index (κ2) is 8.92. The van der Waals surface area contributed by atoms with E-state index in [1.165, 1.54) is 0 Å². The first-order valence-corrected chi connectivity index (χ1v) is 10.9. The van der Waals surface area contributed by atoms with E-state index in [9.17, 15) is 13.2 Å². The van der Waals surface area contributed by atoms with E-state index < -0.39 is 9.84 Å². The van der Waals surface area contributed by atoms with Crippen LogP contribution in [0.3, 0.4) is 0 Å². The standard InChI is InChI=1S/C23H23NO4S/c1-17-6-12-22(13-7-17)29(26,27)15-14-23(25)24-19-8-10-20(11-9-19)28-21-5-3-4-18(2)16-21/h3-13,16H,14-15H2,1-2H3,(H,24,25). The summed E-state index contributed by atoms with van der Waals surface area (Å²) in [6, 6.07) is 21.3. The normalized spacial score (nSPS) is 11.1. The van der Waals surface area contributed by atoms with Crippen LogP contribution in [0.2, 0.25) is 0 Å². The number of nitrogens with one attached hydrogen (secondary N) is 1. The molecule has 150 valence electrons. The van der Waals surface area contributed by atoms with Crippen LogP contribution in [0, 0.1) is 13.8 Å². The van der Waals surface area contributed by atoms with Crippen LogP contribution in [-0.2, 0) is 14.6 Å². The number of amides is 1. The van der Waals surface area contributed by atoms with Crippen molar-refractivity contribution >= 4 is 21.4 Å². The molecular formula is C23H23NO4S. The summed E-state index contributed by atoms with van der Waals surface area (Å²) in [6.45, 7) is 3.88. The molecule has 0 unspecified atom stereocenters. The van der Waals surface area contributed by atoms with Gasteiger partial charge in [-0.25, -0.2) is 8.42 Å². The zero-order chi connectivity index (χ0) is 20.9. The smallest absolute Gasteiger partial charge is 0.225 e. The average Bonchev–Trinajstić information content (AvgIpc) is 2.68. The van der Waals surface area contributed by atoms with Gasteiger partial charge in [-0.1, -0.05) is 29.8 Å². The first kappa shape index (κ1) is 20.6. The van der Waals surface area contributed by atoms with Crippen molar-refractivity contribution in [1.82, 2.24) is 0 Å². The molecule has 0 saturated carbocycles. The Bertz CT molecular complexity index is 1090. The molecule has 0 bridgehead atoms. The molecule has 0 aliphatic carbocycles. The molecule has 3 aromatic carbocycles. The van der Waals surface area contributed by atoms with Crippen molar-refractivity contribution in [3.8, 4) is 11.5 Å². The van der Waals surface area contributed by atoms with Gasteiger partial charge in [0.05, 0.1) is 10.6 Å². The maximum absolute atomic E-state index is 12.3. The van der Waals surface area contributed by atoms with Crippen molar-refractivity contribution in [1.29, 1.82) is 0 Å². The zero-order valence-corrected chi connectivity index (χ0v) is 17.2. The summed E-state index contributed by atoms with van der Waals surface area (Å²) in [7, 11) is -3.49. The molecule has 1 amide bonds. The maximum Gasteiger partial charge on any atom is 0.225 e. The lowest BCUT2D eigenvalue weighted by molar-refractivity contribution is -0.115. The quantitative estimate of drug-likeness (QED) is 0.602. The van der Waals surface area contributed by atoms with Gasteiger partial charge in [-0.15, -0.1) is 0 Å². The minimum atomic E-state index is -3.49. The fourth-order valence-electron chi connectivity index (χ4n) is 2.74. The van der Waals surface area contributed by atoms with Crippen molar-refractivity contribution in [2.45, 2.75) is 25.2 Å². The summed E-state index contributed by atoms with van der Waals surface area (Å²) >= 11 is 0. The third-order valence-corrected chi connectivity index (χ3v) is 6.07. The van der Waals surface area contributed by atoms with Crippen molar-refractivity contribution in [3.63, 3.8) is 0 Å². The van der Waals surface area contributed by atoms with Crippen LogP contribution in [0.15, 0.2) is 77.7 Å². The van der Waals surface area contributed by atoms with Gasteiger partial charge in [0.25, 0.3) is 0 Å². The molecule has 5 nitrogen and oxygen atoms in total. The predicted octanol–water partition coefficient (Wildman–Crippen LogP) is 4.90. The van der Waals surface area contributed by atoms with Crippen LogP contribution in [-0.4, -0.2) is 20.1 Å². The summed E-state index contributed by atoms with van der Waals surface area (Å²) in [5.74, 6) is 0.794. The van der Waals surface area contributed by atoms with Crippen molar-refractivity contribution in [2.24, 2.45) is 0 Å². The highest BCUT2D eigenvalue weighted by Gasteiger charge is 2.16. The Morgan fingerprint density at radius 1 is 0.862 bits per heavy atom. The molecule has 29 heavy (non-hydrogen) atoms. The van der Waals surface area contributed by atoms with E-state index >= 15 is 0 Å². The first-order chi connectivity index (χ1) is 13.8. The molecular weight excluding hydrogens is 386 g/mol. The molecule has 0 aliphatic heterocycles. The highest BCUT2D eigenvalue weighted by Crippen LogP contribution is 2.23. The Labute approximate surface area is 171 Å². The predicted molar refractivity (Wildman–Crippen MR) is 114 cm³/mol. The van der Waals surface area contributed by atoms with Crippen LogP contribution in [0.1, 0.15) is 17.5 Å². The number of hydrogen-bond acceptors (Lipinski definition) is 4. The average molecular weight is 410 g/mol. The van der Waals surface area contributed by atoms with Gasteiger partial charge >= 0.3 is 0 Å². The number of sulfone groups is 1. The maximum atomic E-state index is 12.3. The minimum Gasteiger partial charge on any atom is -0.457 e. The number of benzene rings is 3. The molecule has 0 aromatic heterocycles. The number of carbonyl (C=O) groups excluding carboxylic acids is 1. The highest BCUT2D eigenvalue weighted by atomic mass is 32.2. The molecule has 6 heteroatoms. The van der Waals surface area contributed by atoms with Gasteiger partial charge in [0.15, 0.2) is 9.84 Å². The van der Waals surface area contributed by atoms with Gasteiger partial charge in [-0.2, -0.15) is 0 Å². The summed E-state index contributed by atoms with van der Waals surface area (Å²) in [5.41, 5.74) is 2.67. The van der Waals surface area contributed by atoms with Crippen molar-refractivity contribution < 1.29 is 17.9 Å². The van der Waals surface area contributed by atoms with Crippen molar-refractivity contribution in [2.75, 3.05) is 11.1 Å². The third-order valence-electron chi connectivity index (χ3n) is 4.34. The molecule has 3 rings (SSSR count). The van der Waals surface area contributed by atoms with Crippen LogP contribution < -0.4 is 10.1 Å². The fourth-order valence-corrected chi connectivity index (χ4v) is 3.98. The molecule has 0 radical (unpaired) electrons. The molecule has 0 saturated heterocycles. The van der Waals surface area contributed by atoms with Gasteiger partial charge < -0.3 is 10.1 Å². The Balaban J connectivity index is 1.54. The number of aryl methyl sites for hydroxylation is 2. The Hall–Kier alpha value is -3.12. The van der Waals surface area contributed by atoms with Crippen LogP contribution in [0.5, 0.6) is 11.5 Å². The Kier molecular flexibility index (Phi) is 6.34. The summed E-state index contributed by atoms with van der Waals surface area (Å²) in [5, 5.41) is 2.72. The topological polar surface area (TPSA) is 72.5 Å². The van der Waals surface area contributed by atoms with Gasteiger partial charge in [-0.05, 0) is 67.9 Å². The molecule has 3 aromatic rings. The molecule has 0 aliphatic rings. The largest absolute Gasteiger partial charge is 0.457 e. The zero-order valence-electron chi connectivity index (χ0n) is 16.4. The van der Waals surface area contributed by atoms with Gasteiger partial charge in [0.1, 0.15) is 11.5 Å². The van der Waals surface area contributed by atoms with E-state index in [1.54, 1.807) is 48.5 Å². The number of carbonyl (C=O) groups is 1. The molecule has 1 N–H and O–H groups in total. The van der Waals surface area contributed by atoms with Crippen LogP contribution in [0.4, 0.5) is 5.69 Å². The molecule has 0 spiro atoms. The van der Waals surface area contributed by atoms with E-state index in [1.807, 2.05) is 38.1 Å². The van der Waals surface area contributed by atoms with E-state index in [2.05, 4.69) is 5.32 Å². The molecule has 0 atom stereocenters. The van der Waals surface area contributed by atoms with Crippen LogP contribution in [0.25, 0.3) is 0 Å². The molecule has 0 heterocycles. The summed E-state index contributed by atoms with van der Waals surface area (Å²) in [4.78, 5) is 12.4. The van der Waals surface area contributed by atoms with Gasteiger partial charge in [0.2, 0.25) is 5.91 Å². The number of rotatable bonds is 7. The first-order valence-electron chi connectivity index (χ1n) is 9.26. The number of hydrogen-bond donors (Lipinski definition) is 1. The van der Waals surface area contributed by atoms with Gasteiger partial charge in [0, 0.05) is 12.1 Å². The van der Waals surface area contributed by atoms with E-state index in [0.29, 0.717) is 11.4 Å². The van der Waals surface area contributed by atoms with E-state index in [-0.39, 0.29) is 23.0 Å². The highest BCUT2D eigenvalue weighted by molar-refractivity contribution is 7.91. The minimum absolute atomic E-state index is 0.113. The number of ether oxygens (including phenoxy) is 1. The molecule has 0 fully saturated rings. The Morgan fingerprint density at radius 3 is 2.21 bits per heavy atom. The lowest BCUT2D eigenvalue weighted by Crippen LogP contribution is -2.17. The summed E-state index contributed by atoms with van der Waals surface area (Å²) in [6.07, 6.45) is -0.113. The lowest BCUT2D eigenvalue weighted by Gasteiger charge is -2.09. The summed E-state index contributed by atoms with van der Waals surface area (Å²) < 4.78 is 30.5. The van der Waals surface area contributed by atoms with Crippen molar-refractivity contribution in [3.05, 3.63) is 83.9 Å². The second-order valence-corrected chi connectivity index (χ2v) is 8.98. The monoisotopic (exact) mass is 409 g/mol. The van der Waals surface area contributed by atoms with Crippen LogP contribution >= 0.6 is 0 Å². The number of anilines is 1. The SMILES string of the molecule is Cc1ccc(S(=O)(=O)CCC(=O)Nc2ccc(Oc3cccc(C)c3)cc2)cc1. The third kappa shape index (κ3) is 5.93. The second-order valence-electron chi connectivity index (χ2n) is 6.87. The van der Waals surface area contributed by atoms with E-state index in [4.69, 9.17) is 4.74 Å².